The van der Waals surface area contributed by atoms with Gasteiger partial charge in [0.15, 0.2) is 0 Å². The zero-order chi connectivity index (χ0) is 23.2. The van der Waals surface area contributed by atoms with Gasteiger partial charge in [-0.3, -0.25) is 4.90 Å². The molecule has 3 heterocycles. The Morgan fingerprint density at radius 2 is 1.68 bits per heavy atom. The van der Waals surface area contributed by atoms with E-state index < -0.39 is 0 Å². The Balaban J connectivity index is 1.34. The maximum atomic E-state index is 5.07. The number of rotatable bonds is 5. The molecule has 0 saturated heterocycles. The Labute approximate surface area is 198 Å². The summed E-state index contributed by atoms with van der Waals surface area (Å²) in [4.78, 5) is 25.6. The molecule has 2 aliphatic rings. The second-order valence-corrected chi connectivity index (χ2v) is 9.11. The highest BCUT2D eigenvalue weighted by molar-refractivity contribution is 6.04. The first-order valence-electron chi connectivity index (χ1n) is 11.8. The van der Waals surface area contributed by atoms with Crippen molar-refractivity contribution in [3.05, 3.63) is 83.6 Å². The first-order valence-corrected chi connectivity index (χ1v) is 11.8. The van der Waals surface area contributed by atoms with Crippen molar-refractivity contribution in [2.24, 2.45) is 9.98 Å². The number of benzene rings is 2. The second-order valence-electron chi connectivity index (χ2n) is 9.11. The van der Waals surface area contributed by atoms with E-state index in [1.165, 1.54) is 11.1 Å². The van der Waals surface area contributed by atoms with Crippen LogP contribution in [0, 0.1) is 6.92 Å². The number of nitrogens with zero attached hydrogens (tertiary/aromatic N) is 7. The van der Waals surface area contributed by atoms with E-state index in [2.05, 4.69) is 75.2 Å². The molecule has 0 bridgehead atoms. The Morgan fingerprint density at radius 1 is 0.882 bits per heavy atom. The van der Waals surface area contributed by atoms with Crippen molar-refractivity contribution in [1.29, 1.82) is 0 Å². The van der Waals surface area contributed by atoms with Gasteiger partial charge in [-0.1, -0.05) is 42.5 Å². The molecule has 7 heteroatoms. The van der Waals surface area contributed by atoms with Crippen LogP contribution in [-0.4, -0.2) is 37.9 Å². The maximum absolute atomic E-state index is 5.07. The SMILES string of the molecule is CC1=NCN(c2cc(C3CC3c3nc4ccccc4n3Cc3ccccc3)nc(C)n2)C(C)=N1. The number of aliphatic imine (C=N–C) groups is 2. The highest BCUT2D eigenvalue weighted by Crippen LogP contribution is 2.54. The van der Waals surface area contributed by atoms with Gasteiger partial charge in [0.2, 0.25) is 0 Å². The molecule has 4 aromatic rings. The van der Waals surface area contributed by atoms with Crippen LogP contribution >= 0.6 is 0 Å². The minimum absolute atomic E-state index is 0.332. The van der Waals surface area contributed by atoms with Gasteiger partial charge in [0.05, 0.1) is 16.7 Å². The molecule has 2 aromatic heterocycles. The average molecular weight is 450 g/mol. The lowest BCUT2D eigenvalue weighted by Crippen LogP contribution is -2.33. The maximum Gasteiger partial charge on any atom is 0.139 e. The van der Waals surface area contributed by atoms with E-state index in [9.17, 15) is 0 Å². The summed E-state index contributed by atoms with van der Waals surface area (Å²) in [5.74, 6) is 5.17. The summed E-state index contributed by atoms with van der Waals surface area (Å²) in [5, 5.41) is 0. The predicted octanol–water partition coefficient (Wildman–Crippen LogP) is 5.07. The van der Waals surface area contributed by atoms with Gasteiger partial charge in [0.25, 0.3) is 0 Å². The van der Waals surface area contributed by atoms with Crippen LogP contribution in [0.2, 0.25) is 0 Å². The van der Waals surface area contributed by atoms with Crippen LogP contribution in [0.15, 0.2) is 70.6 Å². The van der Waals surface area contributed by atoms with Crippen molar-refractivity contribution < 1.29 is 0 Å². The summed E-state index contributed by atoms with van der Waals surface area (Å²) in [6.07, 6.45) is 1.04. The Bertz CT molecular complexity index is 1430. The summed E-state index contributed by atoms with van der Waals surface area (Å²) in [5.41, 5.74) is 4.58. The standard InChI is InChI=1S/C27H27N7/c1-17-28-16-34(19(3)29-17)26-14-24(30-18(2)31-26)21-13-22(21)27-32-23-11-7-8-12-25(23)33(27)15-20-9-5-4-6-10-20/h4-12,14,21-22H,13,15-16H2,1-3H3. The van der Waals surface area contributed by atoms with E-state index in [1.54, 1.807) is 0 Å². The summed E-state index contributed by atoms with van der Waals surface area (Å²) >= 11 is 0. The Hall–Kier alpha value is -3.87. The molecule has 0 radical (unpaired) electrons. The van der Waals surface area contributed by atoms with Crippen LogP contribution in [-0.2, 0) is 6.54 Å². The van der Waals surface area contributed by atoms with Crippen molar-refractivity contribution in [3.8, 4) is 0 Å². The Kier molecular flexibility index (Phi) is 4.98. The van der Waals surface area contributed by atoms with Gasteiger partial charge >= 0.3 is 0 Å². The first kappa shape index (κ1) is 20.7. The van der Waals surface area contributed by atoms with Crippen LogP contribution in [0.25, 0.3) is 11.0 Å². The molecule has 0 amide bonds. The molecule has 1 fully saturated rings. The van der Waals surface area contributed by atoms with Crippen LogP contribution in [0.3, 0.4) is 0 Å². The lowest BCUT2D eigenvalue weighted by molar-refractivity contribution is 0.735. The van der Waals surface area contributed by atoms with Gasteiger partial charge in [-0.2, -0.15) is 0 Å². The molecular formula is C27H27N7. The third-order valence-corrected chi connectivity index (χ3v) is 6.65. The quantitative estimate of drug-likeness (QED) is 0.427. The third-order valence-electron chi connectivity index (χ3n) is 6.65. The van der Waals surface area contributed by atoms with Gasteiger partial charge in [-0.25, -0.2) is 24.9 Å². The second kappa shape index (κ2) is 8.17. The Morgan fingerprint density at radius 3 is 2.50 bits per heavy atom. The number of aromatic nitrogens is 4. The molecule has 6 rings (SSSR count). The monoisotopic (exact) mass is 449 g/mol. The summed E-state index contributed by atoms with van der Waals surface area (Å²) in [7, 11) is 0. The number of fused-ring (bicyclic) bond motifs is 1. The molecule has 2 unspecified atom stereocenters. The largest absolute Gasteiger partial charge is 0.323 e. The highest BCUT2D eigenvalue weighted by atomic mass is 15.3. The minimum Gasteiger partial charge on any atom is -0.323 e. The number of amidine groups is 2. The summed E-state index contributed by atoms with van der Waals surface area (Å²) in [6.45, 7) is 7.24. The molecule has 34 heavy (non-hydrogen) atoms. The molecule has 2 atom stereocenters. The molecule has 170 valence electrons. The molecule has 7 nitrogen and oxygen atoms in total. The van der Waals surface area contributed by atoms with Crippen molar-refractivity contribution in [1.82, 2.24) is 19.5 Å². The first-order chi connectivity index (χ1) is 16.6. The lowest BCUT2D eigenvalue weighted by atomic mass is 10.2. The molecule has 1 saturated carbocycles. The van der Waals surface area contributed by atoms with Gasteiger partial charge < -0.3 is 4.57 Å². The number of hydrogen-bond donors (Lipinski definition) is 0. The van der Waals surface area contributed by atoms with Crippen LogP contribution in [0.5, 0.6) is 0 Å². The fraction of sp³-hybridized carbons (Fsp3) is 0.296. The van der Waals surface area contributed by atoms with E-state index in [-0.39, 0.29) is 0 Å². The van der Waals surface area contributed by atoms with E-state index in [0.29, 0.717) is 18.5 Å². The van der Waals surface area contributed by atoms with E-state index in [1.807, 2.05) is 25.7 Å². The van der Waals surface area contributed by atoms with Crippen molar-refractivity contribution in [2.45, 2.75) is 45.6 Å². The number of hydrogen-bond acceptors (Lipinski definition) is 6. The van der Waals surface area contributed by atoms with Gasteiger partial charge in [-0.05, 0) is 44.9 Å². The zero-order valence-electron chi connectivity index (χ0n) is 19.7. The fourth-order valence-electron chi connectivity index (χ4n) is 4.86. The smallest absolute Gasteiger partial charge is 0.139 e. The van der Waals surface area contributed by atoms with E-state index >= 15 is 0 Å². The molecular weight excluding hydrogens is 422 g/mol. The molecule has 1 aliphatic heterocycles. The highest BCUT2D eigenvalue weighted by Gasteiger charge is 2.44. The molecule has 1 aliphatic carbocycles. The number of anilines is 1. The van der Waals surface area contributed by atoms with Crippen LogP contribution in [0.1, 0.15) is 55.0 Å². The van der Waals surface area contributed by atoms with Gasteiger partial charge in [0, 0.05) is 24.4 Å². The van der Waals surface area contributed by atoms with Gasteiger partial charge in [0.1, 0.15) is 35.8 Å². The van der Waals surface area contributed by atoms with E-state index in [0.717, 1.165) is 53.3 Å². The van der Waals surface area contributed by atoms with Crippen molar-refractivity contribution in [2.75, 3.05) is 11.6 Å². The lowest BCUT2D eigenvalue weighted by Gasteiger charge is -2.24. The molecule has 0 N–H and O–H groups in total. The van der Waals surface area contributed by atoms with Crippen LogP contribution in [0.4, 0.5) is 5.82 Å². The topological polar surface area (TPSA) is 71.6 Å². The normalized spacial score (nSPS) is 19.8. The van der Waals surface area contributed by atoms with E-state index in [4.69, 9.17) is 15.0 Å². The predicted molar refractivity (Wildman–Crippen MR) is 136 cm³/mol. The number of aryl methyl sites for hydroxylation is 1. The van der Waals surface area contributed by atoms with Gasteiger partial charge in [-0.15, -0.1) is 0 Å². The van der Waals surface area contributed by atoms with Crippen molar-refractivity contribution in [3.63, 3.8) is 0 Å². The van der Waals surface area contributed by atoms with Crippen LogP contribution < -0.4 is 4.90 Å². The summed E-state index contributed by atoms with van der Waals surface area (Å²) < 4.78 is 2.38. The van der Waals surface area contributed by atoms with Crippen molar-refractivity contribution >= 4 is 28.5 Å². The molecule has 0 spiro atoms. The number of para-hydroxylation sites is 2. The summed E-state index contributed by atoms with van der Waals surface area (Å²) in [6, 6.07) is 21.1. The number of imidazole rings is 1. The fourth-order valence-corrected chi connectivity index (χ4v) is 4.86. The minimum atomic E-state index is 0.332. The molecule has 2 aromatic carbocycles. The third kappa shape index (κ3) is 3.77. The average Bonchev–Trinajstić information content (AvgIpc) is 3.55. The zero-order valence-corrected chi connectivity index (χ0v) is 19.7.